The SMILES string of the molecule is O=C(c1cnccn1)N1C[C@H]2CN(Cc3cccnc3)C[C@H]2C1. The van der Waals surface area contributed by atoms with Gasteiger partial charge < -0.3 is 4.90 Å². The topological polar surface area (TPSA) is 62.2 Å². The van der Waals surface area contributed by atoms with Crippen LogP contribution in [-0.4, -0.2) is 56.8 Å². The second-order valence-electron chi connectivity index (χ2n) is 6.38. The molecule has 4 heterocycles. The predicted molar refractivity (Wildman–Crippen MR) is 84.4 cm³/mol. The minimum absolute atomic E-state index is 0.00584. The van der Waals surface area contributed by atoms with Gasteiger partial charge in [-0.15, -0.1) is 0 Å². The molecule has 0 aromatic carbocycles. The van der Waals surface area contributed by atoms with Crippen LogP contribution in [0.3, 0.4) is 0 Å². The van der Waals surface area contributed by atoms with Gasteiger partial charge in [0.1, 0.15) is 5.69 Å². The number of fused-ring (bicyclic) bond motifs is 1. The Balaban J connectivity index is 1.36. The predicted octanol–water partition coefficient (Wildman–Crippen LogP) is 1.08. The van der Waals surface area contributed by atoms with Gasteiger partial charge >= 0.3 is 0 Å². The molecule has 6 heteroatoms. The zero-order chi connectivity index (χ0) is 15.6. The van der Waals surface area contributed by atoms with E-state index in [0.717, 1.165) is 32.7 Å². The molecule has 0 N–H and O–H groups in total. The number of hydrogen-bond donors (Lipinski definition) is 0. The van der Waals surface area contributed by atoms with Gasteiger partial charge in [0.15, 0.2) is 0 Å². The smallest absolute Gasteiger partial charge is 0.274 e. The molecule has 0 bridgehead atoms. The van der Waals surface area contributed by atoms with E-state index in [9.17, 15) is 4.79 Å². The van der Waals surface area contributed by atoms with Crippen LogP contribution in [0.2, 0.25) is 0 Å². The number of carbonyl (C=O) groups is 1. The molecule has 1 amide bonds. The van der Waals surface area contributed by atoms with Gasteiger partial charge in [0.05, 0.1) is 6.20 Å². The molecule has 6 nitrogen and oxygen atoms in total. The summed E-state index contributed by atoms with van der Waals surface area (Å²) in [7, 11) is 0. The zero-order valence-electron chi connectivity index (χ0n) is 12.9. The van der Waals surface area contributed by atoms with Gasteiger partial charge in [-0.2, -0.15) is 0 Å². The van der Waals surface area contributed by atoms with Crippen molar-refractivity contribution in [2.45, 2.75) is 6.54 Å². The van der Waals surface area contributed by atoms with Crippen LogP contribution < -0.4 is 0 Å². The second-order valence-corrected chi connectivity index (χ2v) is 6.38. The molecule has 2 aliphatic rings. The maximum absolute atomic E-state index is 12.5. The summed E-state index contributed by atoms with van der Waals surface area (Å²) in [6.07, 6.45) is 8.44. The first-order chi connectivity index (χ1) is 11.3. The van der Waals surface area contributed by atoms with E-state index in [1.54, 1.807) is 24.8 Å². The molecule has 0 spiro atoms. The fraction of sp³-hybridized carbons (Fsp3) is 0.412. The first-order valence-corrected chi connectivity index (χ1v) is 7.96. The van der Waals surface area contributed by atoms with Crippen LogP contribution in [0.5, 0.6) is 0 Å². The van der Waals surface area contributed by atoms with Gasteiger partial charge in [-0.3, -0.25) is 19.7 Å². The van der Waals surface area contributed by atoms with Crippen LogP contribution in [0.4, 0.5) is 0 Å². The Bertz CT molecular complexity index is 664. The van der Waals surface area contributed by atoms with Crippen molar-refractivity contribution in [1.29, 1.82) is 0 Å². The van der Waals surface area contributed by atoms with Crippen molar-refractivity contribution < 1.29 is 4.79 Å². The van der Waals surface area contributed by atoms with E-state index in [-0.39, 0.29) is 5.91 Å². The lowest BCUT2D eigenvalue weighted by atomic mass is 10.0. The van der Waals surface area contributed by atoms with Crippen molar-refractivity contribution in [2.24, 2.45) is 11.8 Å². The second kappa shape index (κ2) is 6.04. The van der Waals surface area contributed by atoms with Crippen molar-refractivity contribution in [3.63, 3.8) is 0 Å². The number of aromatic nitrogens is 3. The number of hydrogen-bond acceptors (Lipinski definition) is 5. The van der Waals surface area contributed by atoms with Gasteiger partial charge in [-0.25, -0.2) is 4.98 Å². The Morgan fingerprint density at radius 3 is 2.48 bits per heavy atom. The van der Waals surface area contributed by atoms with E-state index in [0.29, 0.717) is 17.5 Å². The third-order valence-electron chi connectivity index (χ3n) is 4.76. The summed E-state index contributed by atoms with van der Waals surface area (Å²) in [5.41, 5.74) is 1.69. The average molecular weight is 309 g/mol. The summed E-state index contributed by atoms with van der Waals surface area (Å²) >= 11 is 0. The number of carbonyl (C=O) groups excluding carboxylic acids is 1. The molecule has 2 aromatic heterocycles. The third-order valence-corrected chi connectivity index (χ3v) is 4.76. The molecule has 118 valence electrons. The van der Waals surface area contributed by atoms with Crippen LogP contribution in [0.1, 0.15) is 16.1 Å². The summed E-state index contributed by atoms with van der Waals surface area (Å²) in [6.45, 7) is 4.68. The molecule has 0 unspecified atom stereocenters. The number of pyridine rings is 1. The molecule has 0 radical (unpaired) electrons. The fourth-order valence-electron chi connectivity index (χ4n) is 3.71. The number of rotatable bonds is 3. The molecule has 2 aromatic rings. The number of likely N-dealkylation sites (tertiary alicyclic amines) is 2. The first kappa shape index (κ1) is 14.3. The van der Waals surface area contributed by atoms with Gasteiger partial charge in [0.25, 0.3) is 5.91 Å². The minimum Gasteiger partial charge on any atom is -0.337 e. The van der Waals surface area contributed by atoms with E-state index in [1.807, 2.05) is 17.2 Å². The van der Waals surface area contributed by atoms with Crippen LogP contribution in [0, 0.1) is 11.8 Å². The summed E-state index contributed by atoms with van der Waals surface area (Å²) in [5, 5.41) is 0. The fourth-order valence-corrected chi connectivity index (χ4v) is 3.71. The first-order valence-electron chi connectivity index (χ1n) is 7.96. The molecule has 2 fully saturated rings. The number of nitrogens with zero attached hydrogens (tertiary/aromatic N) is 5. The van der Waals surface area contributed by atoms with Gasteiger partial charge in [0.2, 0.25) is 0 Å². The highest BCUT2D eigenvalue weighted by Crippen LogP contribution is 2.32. The van der Waals surface area contributed by atoms with Crippen LogP contribution >= 0.6 is 0 Å². The Labute approximate surface area is 135 Å². The Kier molecular flexibility index (Phi) is 3.75. The monoisotopic (exact) mass is 309 g/mol. The highest BCUT2D eigenvalue weighted by atomic mass is 16.2. The van der Waals surface area contributed by atoms with Crippen LogP contribution in [-0.2, 0) is 6.54 Å². The largest absolute Gasteiger partial charge is 0.337 e. The van der Waals surface area contributed by atoms with E-state index in [1.165, 1.54) is 5.56 Å². The standard InChI is InChI=1S/C17H19N5O/c23-17(16-7-19-4-5-20-16)22-11-14-9-21(10-15(14)12-22)8-13-2-1-3-18-6-13/h1-7,14-15H,8-12H2/t14-,15+. The quantitative estimate of drug-likeness (QED) is 0.849. The van der Waals surface area contributed by atoms with E-state index >= 15 is 0 Å². The van der Waals surface area contributed by atoms with Gasteiger partial charge in [-0.05, 0) is 23.5 Å². The van der Waals surface area contributed by atoms with E-state index in [4.69, 9.17) is 0 Å². The highest BCUT2D eigenvalue weighted by Gasteiger charge is 2.41. The normalized spacial score (nSPS) is 23.9. The van der Waals surface area contributed by atoms with Crippen molar-refractivity contribution >= 4 is 5.91 Å². The molecule has 2 saturated heterocycles. The van der Waals surface area contributed by atoms with E-state index in [2.05, 4.69) is 25.9 Å². The molecular weight excluding hydrogens is 290 g/mol. The summed E-state index contributed by atoms with van der Waals surface area (Å²) < 4.78 is 0. The molecule has 2 atom stereocenters. The third kappa shape index (κ3) is 2.94. The summed E-state index contributed by atoms with van der Waals surface area (Å²) in [4.78, 5) is 29.1. The van der Waals surface area contributed by atoms with E-state index < -0.39 is 0 Å². The lowest BCUT2D eigenvalue weighted by molar-refractivity contribution is 0.0767. The molecule has 2 aliphatic heterocycles. The molecule has 0 saturated carbocycles. The average Bonchev–Trinajstić information content (AvgIpc) is 3.14. The maximum atomic E-state index is 12.5. The molecular formula is C17H19N5O. The van der Waals surface area contributed by atoms with Crippen molar-refractivity contribution in [3.05, 3.63) is 54.4 Å². The summed E-state index contributed by atoms with van der Waals surface area (Å²) in [5.74, 6) is 1.13. The maximum Gasteiger partial charge on any atom is 0.274 e. The molecule has 0 aliphatic carbocycles. The van der Waals surface area contributed by atoms with Crippen LogP contribution in [0.15, 0.2) is 43.1 Å². The zero-order valence-corrected chi connectivity index (χ0v) is 12.9. The van der Waals surface area contributed by atoms with Gasteiger partial charge in [0, 0.05) is 57.5 Å². The lowest BCUT2D eigenvalue weighted by Crippen LogP contribution is -2.33. The lowest BCUT2D eigenvalue weighted by Gasteiger charge is -2.21. The van der Waals surface area contributed by atoms with Crippen molar-refractivity contribution in [3.8, 4) is 0 Å². The highest BCUT2D eigenvalue weighted by molar-refractivity contribution is 5.92. The molecule has 23 heavy (non-hydrogen) atoms. The van der Waals surface area contributed by atoms with Crippen molar-refractivity contribution in [1.82, 2.24) is 24.8 Å². The Morgan fingerprint density at radius 1 is 1.04 bits per heavy atom. The molecule has 4 rings (SSSR count). The van der Waals surface area contributed by atoms with Gasteiger partial charge in [-0.1, -0.05) is 6.07 Å². The Hall–Kier alpha value is -2.34. The minimum atomic E-state index is 0.00584. The number of amides is 1. The summed E-state index contributed by atoms with van der Waals surface area (Å²) in [6, 6.07) is 4.10. The van der Waals surface area contributed by atoms with Crippen molar-refractivity contribution in [2.75, 3.05) is 26.2 Å². The van der Waals surface area contributed by atoms with Crippen LogP contribution in [0.25, 0.3) is 0 Å². The Morgan fingerprint density at radius 2 is 1.83 bits per heavy atom.